The fourth-order valence-electron chi connectivity index (χ4n) is 2.90. The summed E-state index contributed by atoms with van der Waals surface area (Å²) >= 11 is 0. The van der Waals surface area contributed by atoms with Gasteiger partial charge in [-0.15, -0.1) is 0 Å². The number of rotatable bonds is 3. The molecule has 1 aliphatic rings. The summed E-state index contributed by atoms with van der Waals surface area (Å²) in [6.07, 6.45) is 5.12. The SMILES string of the molecule is Cc1ccc(CN2CC[C@@H](N)C2)c(-c2cnn(C)c2)c1. The number of nitrogens with zero attached hydrogens (tertiary/aromatic N) is 3. The van der Waals surface area contributed by atoms with Crippen molar-refractivity contribution in [1.82, 2.24) is 14.7 Å². The highest BCUT2D eigenvalue weighted by atomic mass is 15.2. The summed E-state index contributed by atoms with van der Waals surface area (Å²) in [5.41, 5.74) is 11.1. The van der Waals surface area contributed by atoms with Gasteiger partial charge in [-0.25, -0.2) is 0 Å². The number of hydrogen-bond acceptors (Lipinski definition) is 3. The molecule has 4 nitrogen and oxygen atoms in total. The summed E-state index contributed by atoms with van der Waals surface area (Å²) in [6, 6.07) is 7.01. The van der Waals surface area contributed by atoms with Gasteiger partial charge in [0.15, 0.2) is 0 Å². The molecule has 2 aromatic rings. The van der Waals surface area contributed by atoms with Crippen molar-refractivity contribution in [3.05, 3.63) is 41.7 Å². The van der Waals surface area contributed by atoms with E-state index in [0.717, 1.165) is 26.1 Å². The minimum Gasteiger partial charge on any atom is -0.326 e. The highest BCUT2D eigenvalue weighted by molar-refractivity contribution is 5.66. The maximum Gasteiger partial charge on any atom is 0.0568 e. The van der Waals surface area contributed by atoms with Crippen LogP contribution in [0.2, 0.25) is 0 Å². The molecule has 1 aliphatic heterocycles. The molecule has 0 bridgehead atoms. The summed E-state index contributed by atoms with van der Waals surface area (Å²) in [5, 5.41) is 4.29. The lowest BCUT2D eigenvalue weighted by Gasteiger charge is -2.18. The quantitative estimate of drug-likeness (QED) is 0.927. The van der Waals surface area contributed by atoms with Gasteiger partial charge in [-0.2, -0.15) is 5.10 Å². The molecule has 0 spiro atoms. The maximum absolute atomic E-state index is 6.00. The zero-order valence-corrected chi connectivity index (χ0v) is 12.2. The molecule has 0 amide bonds. The Labute approximate surface area is 120 Å². The van der Waals surface area contributed by atoms with Crippen LogP contribution in [-0.4, -0.2) is 33.8 Å². The van der Waals surface area contributed by atoms with Crippen LogP contribution in [0.25, 0.3) is 11.1 Å². The Morgan fingerprint density at radius 3 is 2.90 bits per heavy atom. The highest BCUT2D eigenvalue weighted by Gasteiger charge is 2.20. The third-order valence-corrected chi connectivity index (χ3v) is 3.98. The lowest BCUT2D eigenvalue weighted by Crippen LogP contribution is -2.26. The van der Waals surface area contributed by atoms with Crippen molar-refractivity contribution in [3.63, 3.8) is 0 Å². The van der Waals surface area contributed by atoms with E-state index in [1.165, 1.54) is 22.3 Å². The van der Waals surface area contributed by atoms with E-state index < -0.39 is 0 Å². The Morgan fingerprint density at radius 2 is 2.25 bits per heavy atom. The van der Waals surface area contributed by atoms with E-state index in [1.807, 2.05) is 17.9 Å². The van der Waals surface area contributed by atoms with E-state index in [1.54, 1.807) is 0 Å². The predicted molar refractivity (Wildman–Crippen MR) is 81.3 cm³/mol. The topological polar surface area (TPSA) is 47.1 Å². The molecule has 1 aromatic heterocycles. The Hall–Kier alpha value is -1.65. The number of aromatic nitrogens is 2. The number of nitrogens with two attached hydrogens (primary N) is 1. The molecule has 3 rings (SSSR count). The van der Waals surface area contributed by atoms with Gasteiger partial charge in [0, 0.05) is 44.5 Å². The molecule has 1 saturated heterocycles. The lowest BCUT2D eigenvalue weighted by atomic mass is 9.99. The molecule has 0 radical (unpaired) electrons. The van der Waals surface area contributed by atoms with Crippen LogP contribution in [0, 0.1) is 6.92 Å². The van der Waals surface area contributed by atoms with Crippen LogP contribution in [0.1, 0.15) is 17.5 Å². The van der Waals surface area contributed by atoms with Gasteiger partial charge in [-0.1, -0.05) is 23.8 Å². The molecule has 1 atom stereocenters. The second kappa shape index (κ2) is 5.38. The minimum atomic E-state index is 0.335. The smallest absolute Gasteiger partial charge is 0.0568 e. The van der Waals surface area contributed by atoms with E-state index in [0.29, 0.717) is 6.04 Å². The van der Waals surface area contributed by atoms with Crippen molar-refractivity contribution < 1.29 is 0 Å². The van der Waals surface area contributed by atoms with Gasteiger partial charge >= 0.3 is 0 Å². The molecule has 0 saturated carbocycles. The van der Waals surface area contributed by atoms with Crippen molar-refractivity contribution in [1.29, 1.82) is 0 Å². The molecule has 2 N–H and O–H groups in total. The molecule has 0 unspecified atom stereocenters. The van der Waals surface area contributed by atoms with Gasteiger partial charge in [0.05, 0.1) is 6.20 Å². The second-order valence-corrected chi connectivity index (χ2v) is 5.85. The summed E-state index contributed by atoms with van der Waals surface area (Å²) in [6.45, 7) is 5.20. The van der Waals surface area contributed by atoms with E-state index in [9.17, 15) is 0 Å². The summed E-state index contributed by atoms with van der Waals surface area (Å²) in [7, 11) is 1.96. The van der Waals surface area contributed by atoms with Gasteiger partial charge in [-0.05, 0) is 24.5 Å². The summed E-state index contributed by atoms with van der Waals surface area (Å²) in [5.74, 6) is 0. The van der Waals surface area contributed by atoms with Crippen LogP contribution in [0.5, 0.6) is 0 Å². The van der Waals surface area contributed by atoms with Crippen LogP contribution in [-0.2, 0) is 13.6 Å². The van der Waals surface area contributed by atoms with Crippen LogP contribution in [0.15, 0.2) is 30.6 Å². The fraction of sp³-hybridized carbons (Fsp3) is 0.438. The van der Waals surface area contributed by atoms with E-state index in [-0.39, 0.29) is 0 Å². The van der Waals surface area contributed by atoms with Crippen molar-refractivity contribution in [3.8, 4) is 11.1 Å². The minimum absolute atomic E-state index is 0.335. The zero-order chi connectivity index (χ0) is 14.1. The molecule has 106 valence electrons. The maximum atomic E-state index is 6.00. The first-order chi connectivity index (χ1) is 9.61. The van der Waals surface area contributed by atoms with Crippen LogP contribution >= 0.6 is 0 Å². The van der Waals surface area contributed by atoms with Gasteiger partial charge in [0.2, 0.25) is 0 Å². The van der Waals surface area contributed by atoms with Crippen LogP contribution < -0.4 is 5.73 Å². The van der Waals surface area contributed by atoms with Gasteiger partial charge < -0.3 is 5.73 Å². The Morgan fingerprint density at radius 1 is 1.40 bits per heavy atom. The average Bonchev–Trinajstić information content (AvgIpc) is 3.01. The zero-order valence-electron chi connectivity index (χ0n) is 12.2. The number of aryl methyl sites for hydroxylation is 2. The first-order valence-electron chi connectivity index (χ1n) is 7.18. The molecule has 1 aromatic carbocycles. The molecule has 0 aliphatic carbocycles. The molecular formula is C16H22N4. The third kappa shape index (κ3) is 2.76. The van der Waals surface area contributed by atoms with Crippen molar-refractivity contribution in [2.24, 2.45) is 12.8 Å². The van der Waals surface area contributed by atoms with Crippen molar-refractivity contribution >= 4 is 0 Å². The van der Waals surface area contributed by atoms with E-state index >= 15 is 0 Å². The van der Waals surface area contributed by atoms with Gasteiger partial charge in [0.1, 0.15) is 0 Å². The van der Waals surface area contributed by atoms with Gasteiger partial charge in [-0.3, -0.25) is 9.58 Å². The number of benzene rings is 1. The van der Waals surface area contributed by atoms with Gasteiger partial charge in [0.25, 0.3) is 0 Å². The molecule has 4 heteroatoms. The normalized spacial score (nSPS) is 19.6. The van der Waals surface area contributed by atoms with E-state index in [4.69, 9.17) is 5.73 Å². The predicted octanol–water partition coefficient (Wildman–Crippen LogP) is 1.93. The standard InChI is InChI=1S/C16H22N4/c1-12-3-4-13(10-20-6-5-15(17)11-20)16(7-12)14-8-18-19(2)9-14/h3-4,7-9,15H,5-6,10-11,17H2,1-2H3/t15-/m1/s1. The number of likely N-dealkylation sites (tertiary alicyclic amines) is 1. The summed E-state index contributed by atoms with van der Waals surface area (Å²) in [4.78, 5) is 2.44. The van der Waals surface area contributed by atoms with Crippen LogP contribution in [0.3, 0.4) is 0 Å². The fourth-order valence-corrected chi connectivity index (χ4v) is 2.90. The lowest BCUT2D eigenvalue weighted by molar-refractivity contribution is 0.327. The monoisotopic (exact) mass is 270 g/mol. The highest BCUT2D eigenvalue weighted by Crippen LogP contribution is 2.26. The molecule has 2 heterocycles. The largest absolute Gasteiger partial charge is 0.326 e. The first kappa shape index (κ1) is 13.3. The number of hydrogen-bond donors (Lipinski definition) is 1. The average molecular weight is 270 g/mol. The van der Waals surface area contributed by atoms with E-state index in [2.05, 4.69) is 41.3 Å². The second-order valence-electron chi connectivity index (χ2n) is 5.85. The third-order valence-electron chi connectivity index (χ3n) is 3.98. The van der Waals surface area contributed by atoms with Crippen molar-refractivity contribution in [2.75, 3.05) is 13.1 Å². The summed E-state index contributed by atoms with van der Waals surface area (Å²) < 4.78 is 1.85. The Balaban J connectivity index is 1.90. The Bertz CT molecular complexity index is 602. The first-order valence-corrected chi connectivity index (χ1v) is 7.18. The molecule has 20 heavy (non-hydrogen) atoms. The molecule has 1 fully saturated rings. The van der Waals surface area contributed by atoms with Crippen molar-refractivity contribution in [2.45, 2.75) is 25.9 Å². The Kier molecular flexibility index (Phi) is 3.59. The van der Waals surface area contributed by atoms with Crippen LogP contribution in [0.4, 0.5) is 0 Å². The molecular weight excluding hydrogens is 248 g/mol.